The third-order valence-electron chi connectivity index (χ3n) is 6.57. The second-order valence-electron chi connectivity index (χ2n) is 9.31. The number of nitrogens with one attached hydrogen (secondary N) is 1. The van der Waals surface area contributed by atoms with E-state index in [1.54, 1.807) is 12.1 Å². The fraction of sp³-hybridized carbons (Fsp3) is 0.233. The van der Waals surface area contributed by atoms with E-state index in [0.717, 1.165) is 10.4 Å². The van der Waals surface area contributed by atoms with Gasteiger partial charge in [0.15, 0.2) is 0 Å². The van der Waals surface area contributed by atoms with Crippen molar-refractivity contribution in [2.75, 3.05) is 13.7 Å². The molecule has 0 aliphatic heterocycles. The molecular formula is C30H31FN2O5S2. The van der Waals surface area contributed by atoms with E-state index in [1.807, 2.05) is 47.8 Å². The van der Waals surface area contributed by atoms with Crippen LogP contribution < -0.4 is 10.1 Å². The third kappa shape index (κ3) is 7.14. The minimum atomic E-state index is -4.07. The quantitative estimate of drug-likeness (QED) is 0.250. The van der Waals surface area contributed by atoms with Crippen LogP contribution in [0.5, 0.6) is 5.75 Å². The highest BCUT2D eigenvalue weighted by molar-refractivity contribution is 7.89. The molecule has 0 bridgehead atoms. The summed E-state index contributed by atoms with van der Waals surface area (Å²) in [6.07, 6.45) is -1.06. The fourth-order valence-corrected chi connectivity index (χ4v) is 6.59. The minimum absolute atomic E-state index is 0.0228. The molecule has 2 atom stereocenters. The van der Waals surface area contributed by atoms with Gasteiger partial charge in [0.05, 0.1) is 24.2 Å². The molecule has 40 heavy (non-hydrogen) atoms. The number of sulfonamides is 1. The third-order valence-corrected chi connectivity index (χ3v) is 9.24. The van der Waals surface area contributed by atoms with Gasteiger partial charge in [-0.05, 0) is 60.2 Å². The monoisotopic (exact) mass is 582 g/mol. The lowest BCUT2D eigenvalue weighted by Gasteiger charge is -2.30. The van der Waals surface area contributed by atoms with Gasteiger partial charge in [-0.3, -0.25) is 4.79 Å². The molecule has 0 radical (unpaired) electrons. The van der Waals surface area contributed by atoms with Crippen LogP contribution in [0.25, 0.3) is 0 Å². The van der Waals surface area contributed by atoms with E-state index in [-0.39, 0.29) is 35.5 Å². The Bertz CT molecular complexity index is 1530. The molecular weight excluding hydrogens is 551 g/mol. The number of ether oxygens (including phenoxy) is 1. The Morgan fingerprint density at radius 2 is 1.80 bits per heavy atom. The molecule has 0 fully saturated rings. The van der Waals surface area contributed by atoms with Crippen molar-refractivity contribution >= 4 is 27.3 Å². The van der Waals surface area contributed by atoms with E-state index in [1.165, 1.54) is 60.0 Å². The normalized spacial score (nSPS) is 13.1. The van der Waals surface area contributed by atoms with Crippen molar-refractivity contribution in [1.29, 1.82) is 0 Å². The number of nitrogens with zero attached hydrogens (tertiary/aromatic N) is 1. The first-order valence-electron chi connectivity index (χ1n) is 12.6. The summed E-state index contributed by atoms with van der Waals surface area (Å²) in [5, 5.41) is 16.2. The smallest absolute Gasteiger partial charge is 0.251 e. The van der Waals surface area contributed by atoms with Crippen LogP contribution in [-0.2, 0) is 23.0 Å². The maximum atomic E-state index is 14.2. The number of rotatable bonds is 12. The van der Waals surface area contributed by atoms with Crippen LogP contribution in [0.2, 0.25) is 0 Å². The molecule has 2 N–H and O–H groups in total. The Kier molecular flexibility index (Phi) is 9.70. The van der Waals surface area contributed by atoms with Gasteiger partial charge in [0, 0.05) is 29.6 Å². The Labute approximate surface area is 237 Å². The Balaban J connectivity index is 1.65. The second kappa shape index (κ2) is 13.2. The summed E-state index contributed by atoms with van der Waals surface area (Å²) in [5.41, 5.74) is 1.17. The molecule has 1 heterocycles. The first kappa shape index (κ1) is 29.4. The van der Waals surface area contributed by atoms with Crippen LogP contribution in [0, 0.1) is 12.7 Å². The standard InChI is InChI=1S/C30H31FN2O5S2/c1-21-26(14-7-15-27(21)31)30(35)32-28(17-22-9-4-3-5-10-22)29(34)20-33(19-24-12-8-16-39-24)40(36,37)25-13-6-11-23(18-25)38-2/h3-16,18,28-29,34H,17,19-20H2,1-2H3,(H,32,35)/t28-,29+/m0/s1. The first-order chi connectivity index (χ1) is 19.2. The van der Waals surface area contributed by atoms with Crippen molar-refractivity contribution in [1.82, 2.24) is 9.62 Å². The number of amides is 1. The summed E-state index contributed by atoms with van der Waals surface area (Å²) in [7, 11) is -2.61. The van der Waals surface area contributed by atoms with Crippen molar-refractivity contribution in [2.45, 2.75) is 36.9 Å². The largest absolute Gasteiger partial charge is 0.497 e. The highest BCUT2D eigenvalue weighted by atomic mass is 32.2. The minimum Gasteiger partial charge on any atom is -0.497 e. The zero-order valence-corrected chi connectivity index (χ0v) is 23.8. The molecule has 10 heteroatoms. The van der Waals surface area contributed by atoms with Crippen LogP contribution >= 0.6 is 11.3 Å². The molecule has 210 valence electrons. The van der Waals surface area contributed by atoms with Crippen molar-refractivity contribution in [3.8, 4) is 5.75 Å². The van der Waals surface area contributed by atoms with Crippen molar-refractivity contribution in [3.63, 3.8) is 0 Å². The van der Waals surface area contributed by atoms with Crippen LogP contribution in [0.4, 0.5) is 4.39 Å². The van der Waals surface area contributed by atoms with Gasteiger partial charge in [-0.15, -0.1) is 11.3 Å². The number of hydrogen-bond donors (Lipinski definition) is 2. The number of carbonyl (C=O) groups is 1. The van der Waals surface area contributed by atoms with E-state index < -0.39 is 33.9 Å². The molecule has 7 nitrogen and oxygen atoms in total. The fourth-order valence-electron chi connectivity index (χ4n) is 4.32. The molecule has 0 spiro atoms. The average Bonchev–Trinajstić information content (AvgIpc) is 3.47. The Morgan fingerprint density at radius 1 is 1.05 bits per heavy atom. The number of methoxy groups -OCH3 is 1. The molecule has 0 unspecified atom stereocenters. The molecule has 0 aliphatic rings. The molecule has 0 saturated heterocycles. The van der Waals surface area contributed by atoms with Gasteiger partial charge in [0.2, 0.25) is 10.0 Å². The highest BCUT2D eigenvalue weighted by Gasteiger charge is 2.32. The number of carbonyl (C=O) groups excluding carboxylic acids is 1. The second-order valence-corrected chi connectivity index (χ2v) is 12.3. The Morgan fingerprint density at radius 3 is 2.50 bits per heavy atom. The topological polar surface area (TPSA) is 95.9 Å². The molecule has 1 amide bonds. The SMILES string of the molecule is COc1cccc(S(=O)(=O)N(Cc2cccs2)C[C@@H](O)[C@H](Cc2ccccc2)NC(=O)c2cccc(F)c2C)c1. The summed E-state index contributed by atoms with van der Waals surface area (Å²) < 4.78 is 48.2. The number of benzene rings is 3. The van der Waals surface area contributed by atoms with Crippen molar-refractivity contribution < 1.29 is 27.4 Å². The predicted octanol–water partition coefficient (Wildman–Crippen LogP) is 4.80. The number of aliphatic hydroxyl groups excluding tert-OH is 1. The van der Waals surface area contributed by atoms with Gasteiger partial charge >= 0.3 is 0 Å². The first-order valence-corrected chi connectivity index (χ1v) is 15.0. The van der Waals surface area contributed by atoms with E-state index in [4.69, 9.17) is 4.74 Å². The summed E-state index contributed by atoms with van der Waals surface area (Å²) in [4.78, 5) is 14.0. The van der Waals surface area contributed by atoms with Crippen molar-refractivity contribution in [3.05, 3.63) is 118 Å². The van der Waals surface area contributed by atoms with Gasteiger partial charge in [-0.25, -0.2) is 12.8 Å². The molecule has 0 saturated carbocycles. The number of thiophene rings is 1. The van der Waals surface area contributed by atoms with Gasteiger partial charge < -0.3 is 15.2 Å². The van der Waals surface area contributed by atoms with Gasteiger partial charge in [-0.2, -0.15) is 4.31 Å². The lowest BCUT2D eigenvalue weighted by Crippen LogP contribution is -2.50. The van der Waals surface area contributed by atoms with E-state index >= 15 is 0 Å². The molecule has 3 aromatic carbocycles. The molecule has 4 rings (SSSR count). The van der Waals surface area contributed by atoms with E-state index in [0.29, 0.717) is 5.75 Å². The van der Waals surface area contributed by atoms with Gasteiger partial charge in [-0.1, -0.05) is 48.5 Å². The van der Waals surface area contributed by atoms with Crippen LogP contribution in [0.3, 0.4) is 0 Å². The molecule has 0 aliphatic carbocycles. The zero-order valence-electron chi connectivity index (χ0n) is 22.2. The number of aliphatic hydroxyl groups is 1. The molecule has 4 aromatic rings. The maximum absolute atomic E-state index is 14.2. The number of halogens is 1. The zero-order chi connectivity index (χ0) is 28.7. The van der Waals surface area contributed by atoms with E-state index in [9.17, 15) is 22.7 Å². The maximum Gasteiger partial charge on any atom is 0.251 e. The molecule has 1 aromatic heterocycles. The number of hydrogen-bond acceptors (Lipinski definition) is 6. The lowest BCUT2D eigenvalue weighted by atomic mass is 9.99. The van der Waals surface area contributed by atoms with Crippen LogP contribution in [0.1, 0.15) is 26.4 Å². The summed E-state index contributed by atoms with van der Waals surface area (Å²) >= 11 is 1.40. The van der Waals surface area contributed by atoms with E-state index in [2.05, 4.69) is 5.32 Å². The van der Waals surface area contributed by atoms with Gasteiger partial charge in [0.1, 0.15) is 11.6 Å². The van der Waals surface area contributed by atoms with Crippen LogP contribution in [0.15, 0.2) is 95.2 Å². The highest BCUT2D eigenvalue weighted by Crippen LogP contribution is 2.25. The lowest BCUT2D eigenvalue weighted by molar-refractivity contribution is 0.0778. The summed E-state index contributed by atoms with van der Waals surface area (Å²) in [6, 6.07) is 22.4. The van der Waals surface area contributed by atoms with Crippen molar-refractivity contribution in [2.24, 2.45) is 0 Å². The summed E-state index contributed by atoms with van der Waals surface area (Å²) in [6.45, 7) is 1.25. The van der Waals surface area contributed by atoms with Crippen LogP contribution in [-0.4, -0.2) is 49.5 Å². The summed E-state index contributed by atoms with van der Waals surface area (Å²) in [5.74, 6) is -0.686. The predicted molar refractivity (Wildman–Crippen MR) is 153 cm³/mol. The Hall–Kier alpha value is -3.57. The van der Waals surface area contributed by atoms with Gasteiger partial charge in [0.25, 0.3) is 5.91 Å². The average molecular weight is 583 g/mol.